The number of ether oxygens (including phenoxy) is 3. The molecule has 0 fully saturated rings. The van der Waals surface area contributed by atoms with Gasteiger partial charge in [0.2, 0.25) is 5.95 Å². The SMILES string of the molecule is CC(C)[C@@H](N)C(=O)OC[C@@H](CO)OCOCn1cnc2c(=O)[nH]c(N)nc21. The Hall–Kier alpha value is -2.54. The van der Waals surface area contributed by atoms with Crippen LogP contribution in [0.5, 0.6) is 0 Å². The molecule has 2 rings (SSSR count). The van der Waals surface area contributed by atoms with Crippen molar-refractivity contribution in [2.24, 2.45) is 11.7 Å². The number of fused-ring (bicyclic) bond motifs is 1. The van der Waals surface area contributed by atoms with Crippen LogP contribution in [0.25, 0.3) is 11.2 Å². The van der Waals surface area contributed by atoms with Crippen LogP contribution in [0.2, 0.25) is 0 Å². The highest BCUT2D eigenvalue weighted by atomic mass is 16.7. The number of rotatable bonds is 10. The first-order valence-corrected chi connectivity index (χ1v) is 8.26. The summed E-state index contributed by atoms with van der Waals surface area (Å²) < 4.78 is 17.1. The number of hydrogen-bond acceptors (Lipinski definition) is 10. The van der Waals surface area contributed by atoms with Gasteiger partial charge in [-0.3, -0.25) is 19.1 Å². The lowest BCUT2D eigenvalue weighted by Crippen LogP contribution is -2.39. The fraction of sp³-hybridized carbons (Fsp3) is 0.600. The predicted octanol–water partition coefficient (Wildman–Crippen LogP) is -1.46. The van der Waals surface area contributed by atoms with Gasteiger partial charge in [-0.2, -0.15) is 4.98 Å². The largest absolute Gasteiger partial charge is 0.462 e. The summed E-state index contributed by atoms with van der Waals surface area (Å²) in [5.41, 5.74) is 11.1. The van der Waals surface area contributed by atoms with E-state index in [9.17, 15) is 14.7 Å². The van der Waals surface area contributed by atoms with E-state index in [0.717, 1.165) is 0 Å². The molecule has 0 unspecified atom stereocenters. The maximum Gasteiger partial charge on any atom is 0.323 e. The molecule has 12 nitrogen and oxygen atoms in total. The number of anilines is 1. The smallest absolute Gasteiger partial charge is 0.323 e. The number of aromatic amines is 1. The third-order valence-corrected chi connectivity index (χ3v) is 3.72. The van der Waals surface area contributed by atoms with E-state index in [1.807, 2.05) is 0 Å². The van der Waals surface area contributed by atoms with Crippen molar-refractivity contribution < 1.29 is 24.1 Å². The van der Waals surface area contributed by atoms with Crippen molar-refractivity contribution in [3.63, 3.8) is 0 Å². The number of hydrogen-bond donors (Lipinski definition) is 4. The zero-order chi connectivity index (χ0) is 20.0. The average molecular weight is 384 g/mol. The van der Waals surface area contributed by atoms with Crippen LogP contribution in [0.4, 0.5) is 5.95 Å². The summed E-state index contributed by atoms with van der Waals surface area (Å²) in [5.74, 6) is -0.659. The predicted molar refractivity (Wildman–Crippen MR) is 94.2 cm³/mol. The molecule has 0 aliphatic rings. The third-order valence-electron chi connectivity index (χ3n) is 3.72. The van der Waals surface area contributed by atoms with Crippen molar-refractivity contribution >= 4 is 23.1 Å². The number of aliphatic hydroxyl groups excluding tert-OH is 1. The standard InChI is InChI=1S/C15H24N6O6/c1-8(2)10(16)14(24)26-4-9(3-22)27-7-25-6-21-5-18-11-12(21)19-15(17)20-13(11)23/h5,8-10,22H,3-4,6-7,16H2,1-2H3,(H3,17,19,20,23)/t9-,10-/m1/s1. The number of nitrogens with zero attached hydrogens (tertiary/aromatic N) is 3. The van der Waals surface area contributed by atoms with Crippen molar-refractivity contribution in [1.29, 1.82) is 0 Å². The number of carbonyl (C=O) groups is 1. The molecule has 2 aromatic rings. The fourth-order valence-electron chi connectivity index (χ4n) is 2.04. The van der Waals surface area contributed by atoms with Gasteiger partial charge in [-0.1, -0.05) is 13.8 Å². The Labute approximate surface area is 154 Å². The first-order chi connectivity index (χ1) is 12.8. The number of aliphatic hydroxyl groups is 1. The Morgan fingerprint density at radius 2 is 2.19 bits per heavy atom. The Bertz CT molecular complexity index is 819. The number of H-pyrrole nitrogens is 1. The van der Waals surface area contributed by atoms with E-state index in [4.69, 9.17) is 25.7 Å². The van der Waals surface area contributed by atoms with Gasteiger partial charge in [0.15, 0.2) is 11.2 Å². The van der Waals surface area contributed by atoms with Gasteiger partial charge < -0.3 is 30.8 Å². The van der Waals surface area contributed by atoms with Crippen LogP contribution >= 0.6 is 0 Å². The Morgan fingerprint density at radius 1 is 1.44 bits per heavy atom. The molecule has 12 heteroatoms. The van der Waals surface area contributed by atoms with Gasteiger partial charge in [-0.05, 0) is 5.92 Å². The molecule has 0 amide bonds. The molecule has 0 radical (unpaired) electrons. The maximum atomic E-state index is 11.7. The summed E-state index contributed by atoms with van der Waals surface area (Å²) in [6.07, 6.45) is 0.620. The molecule has 0 spiro atoms. The monoisotopic (exact) mass is 384 g/mol. The molecular formula is C15H24N6O6. The van der Waals surface area contributed by atoms with Crippen LogP contribution in [-0.4, -0.2) is 62.7 Å². The van der Waals surface area contributed by atoms with E-state index in [1.54, 1.807) is 13.8 Å². The second kappa shape index (κ2) is 9.41. The molecule has 2 aromatic heterocycles. The van der Waals surface area contributed by atoms with E-state index in [2.05, 4.69) is 15.0 Å². The number of nitrogens with one attached hydrogen (secondary N) is 1. The molecule has 2 heterocycles. The number of nitrogen functional groups attached to an aromatic ring is 1. The zero-order valence-corrected chi connectivity index (χ0v) is 15.1. The summed E-state index contributed by atoms with van der Waals surface area (Å²) >= 11 is 0. The second-order valence-corrected chi connectivity index (χ2v) is 6.16. The van der Waals surface area contributed by atoms with E-state index < -0.39 is 23.7 Å². The molecule has 6 N–H and O–H groups in total. The van der Waals surface area contributed by atoms with Gasteiger partial charge in [0.1, 0.15) is 32.3 Å². The zero-order valence-electron chi connectivity index (χ0n) is 15.1. The number of aromatic nitrogens is 4. The summed E-state index contributed by atoms with van der Waals surface area (Å²) in [5, 5.41) is 9.29. The van der Waals surface area contributed by atoms with Gasteiger partial charge in [0.25, 0.3) is 5.56 Å². The summed E-state index contributed by atoms with van der Waals surface area (Å²) in [6, 6.07) is -0.738. The van der Waals surface area contributed by atoms with Gasteiger partial charge in [-0.15, -0.1) is 0 Å². The lowest BCUT2D eigenvalue weighted by molar-refractivity contribution is -0.161. The van der Waals surface area contributed by atoms with Crippen molar-refractivity contribution in [3.8, 4) is 0 Å². The second-order valence-electron chi connectivity index (χ2n) is 6.16. The van der Waals surface area contributed by atoms with Gasteiger partial charge in [-0.25, -0.2) is 4.98 Å². The van der Waals surface area contributed by atoms with Crippen molar-refractivity contribution in [2.75, 3.05) is 25.7 Å². The van der Waals surface area contributed by atoms with Crippen molar-refractivity contribution in [2.45, 2.75) is 32.7 Å². The number of imidazole rings is 1. The minimum Gasteiger partial charge on any atom is -0.462 e. The van der Waals surface area contributed by atoms with E-state index in [1.165, 1.54) is 10.9 Å². The topological polar surface area (TPSA) is 181 Å². The lowest BCUT2D eigenvalue weighted by Gasteiger charge is -2.18. The minimum absolute atomic E-state index is 0.0114. The summed E-state index contributed by atoms with van der Waals surface area (Å²) in [6.45, 7) is 2.88. The summed E-state index contributed by atoms with van der Waals surface area (Å²) in [7, 11) is 0. The minimum atomic E-state index is -0.760. The van der Waals surface area contributed by atoms with Gasteiger partial charge >= 0.3 is 5.97 Å². The van der Waals surface area contributed by atoms with Crippen LogP contribution < -0.4 is 17.0 Å². The maximum absolute atomic E-state index is 11.7. The number of esters is 1. The van der Waals surface area contributed by atoms with Gasteiger partial charge in [0.05, 0.1) is 12.9 Å². The summed E-state index contributed by atoms with van der Waals surface area (Å²) in [4.78, 5) is 33.7. The Balaban J connectivity index is 1.80. The van der Waals surface area contributed by atoms with Crippen molar-refractivity contribution in [1.82, 2.24) is 19.5 Å². The molecule has 0 bridgehead atoms. The third kappa shape index (κ3) is 5.47. The average Bonchev–Trinajstić information content (AvgIpc) is 3.03. The van der Waals surface area contributed by atoms with Crippen LogP contribution in [0.1, 0.15) is 13.8 Å². The lowest BCUT2D eigenvalue weighted by atomic mass is 10.1. The van der Waals surface area contributed by atoms with E-state index in [-0.39, 0.29) is 49.8 Å². The molecule has 0 saturated carbocycles. The van der Waals surface area contributed by atoms with Gasteiger partial charge in [0, 0.05) is 0 Å². The quantitative estimate of drug-likeness (QED) is 0.215. The molecule has 27 heavy (non-hydrogen) atoms. The Kier molecular flexibility index (Phi) is 7.24. The first kappa shape index (κ1) is 20.8. The highest BCUT2D eigenvalue weighted by molar-refractivity contribution is 5.75. The van der Waals surface area contributed by atoms with Crippen LogP contribution in [0, 0.1) is 5.92 Å². The molecule has 2 atom stereocenters. The molecule has 0 aromatic carbocycles. The highest BCUT2D eigenvalue weighted by Crippen LogP contribution is 2.07. The molecule has 0 saturated heterocycles. The Morgan fingerprint density at radius 3 is 2.85 bits per heavy atom. The molecule has 0 aliphatic carbocycles. The fourth-order valence-corrected chi connectivity index (χ4v) is 2.04. The van der Waals surface area contributed by atoms with Crippen LogP contribution in [0.3, 0.4) is 0 Å². The number of nitrogens with two attached hydrogens (primary N) is 2. The first-order valence-electron chi connectivity index (χ1n) is 8.26. The molecular weight excluding hydrogens is 360 g/mol. The highest BCUT2D eigenvalue weighted by Gasteiger charge is 2.20. The van der Waals surface area contributed by atoms with Crippen LogP contribution in [-0.2, 0) is 25.7 Å². The van der Waals surface area contributed by atoms with E-state index >= 15 is 0 Å². The molecule has 0 aliphatic heterocycles. The van der Waals surface area contributed by atoms with Crippen molar-refractivity contribution in [3.05, 3.63) is 16.7 Å². The number of carbonyl (C=O) groups excluding carboxylic acids is 1. The van der Waals surface area contributed by atoms with Crippen LogP contribution in [0.15, 0.2) is 11.1 Å². The molecule has 150 valence electrons. The normalized spacial score (nSPS) is 13.8. The van der Waals surface area contributed by atoms with E-state index in [0.29, 0.717) is 0 Å².